The van der Waals surface area contributed by atoms with Gasteiger partial charge in [-0.25, -0.2) is 9.82 Å². The van der Waals surface area contributed by atoms with Gasteiger partial charge >= 0.3 is 0 Å². The van der Waals surface area contributed by atoms with Crippen LogP contribution in [0, 0.1) is 5.82 Å². The summed E-state index contributed by atoms with van der Waals surface area (Å²) < 4.78 is 18.9. The van der Waals surface area contributed by atoms with Crippen molar-refractivity contribution in [1.82, 2.24) is 16.2 Å². The van der Waals surface area contributed by atoms with Gasteiger partial charge in [0.15, 0.2) is 5.78 Å². The number of halogens is 1. The van der Waals surface area contributed by atoms with Gasteiger partial charge in [-0.3, -0.25) is 15.0 Å². The Hall–Kier alpha value is -2.77. The van der Waals surface area contributed by atoms with Crippen LogP contribution in [0.5, 0.6) is 5.75 Å². The maximum atomic E-state index is 13.2. The van der Waals surface area contributed by atoms with Crippen molar-refractivity contribution in [3.63, 3.8) is 0 Å². The molecule has 2 atom stereocenters. The normalized spacial score (nSPS) is 18.9. The third kappa shape index (κ3) is 5.35. The van der Waals surface area contributed by atoms with E-state index in [-0.39, 0.29) is 30.1 Å². The molecule has 0 spiro atoms. The molecular weight excluding hydrogens is 349 g/mol. The quantitative estimate of drug-likeness (QED) is 0.649. The Morgan fingerprint density at radius 3 is 2.78 bits per heavy atom. The van der Waals surface area contributed by atoms with Crippen LogP contribution < -0.4 is 20.9 Å². The Labute approximate surface area is 157 Å². The van der Waals surface area contributed by atoms with E-state index in [4.69, 9.17) is 4.74 Å². The number of benzene rings is 2. The molecule has 1 saturated heterocycles. The lowest BCUT2D eigenvalue weighted by molar-refractivity contribution is -0.123. The molecule has 2 aromatic carbocycles. The smallest absolute Gasteiger partial charge is 0.238 e. The average Bonchev–Trinajstić information content (AvgIpc) is 3.14. The zero-order valence-electron chi connectivity index (χ0n) is 15.0. The number of carbonyl (C=O) groups is 2. The number of amides is 1. The zero-order valence-corrected chi connectivity index (χ0v) is 15.0. The molecule has 0 saturated carbocycles. The average molecular weight is 371 g/mol. The number of hydrogen-bond acceptors (Lipinski definition) is 5. The molecule has 3 N–H and O–H groups in total. The Bertz CT molecular complexity index is 828. The van der Waals surface area contributed by atoms with Crippen molar-refractivity contribution in [1.29, 1.82) is 0 Å². The molecular formula is C20H22FN3O3. The van der Waals surface area contributed by atoms with Crippen LogP contribution in [0.2, 0.25) is 0 Å². The van der Waals surface area contributed by atoms with Crippen molar-refractivity contribution in [2.45, 2.75) is 32.0 Å². The number of hydrazine groups is 1. The van der Waals surface area contributed by atoms with E-state index in [0.717, 1.165) is 0 Å². The van der Waals surface area contributed by atoms with Crippen LogP contribution in [-0.4, -0.2) is 30.4 Å². The van der Waals surface area contributed by atoms with Crippen molar-refractivity contribution in [3.05, 3.63) is 65.5 Å². The van der Waals surface area contributed by atoms with Gasteiger partial charge in [0.25, 0.3) is 0 Å². The first-order valence-electron chi connectivity index (χ1n) is 8.78. The zero-order chi connectivity index (χ0) is 19.2. The van der Waals surface area contributed by atoms with E-state index in [2.05, 4.69) is 16.2 Å². The molecule has 2 aromatic rings. The fraction of sp³-hybridized carbons (Fsp3) is 0.300. The van der Waals surface area contributed by atoms with E-state index < -0.39 is 6.04 Å². The van der Waals surface area contributed by atoms with Crippen molar-refractivity contribution in [2.24, 2.45) is 0 Å². The number of Topliss-reactive ketones (excluding diaryl/α,β-unsaturated/α-hetero) is 1. The lowest BCUT2D eigenvalue weighted by atomic mass is 10.1. The Morgan fingerprint density at radius 2 is 2.00 bits per heavy atom. The molecule has 2 unspecified atom stereocenters. The summed E-state index contributed by atoms with van der Waals surface area (Å²) in [6.45, 7) is 2.14. The molecule has 3 rings (SSSR count). The molecule has 1 aliphatic heterocycles. The van der Waals surface area contributed by atoms with Crippen LogP contribution in [0.15, 0.2) is 48.5 Å². The lowest BCUT2D eigenvalue weighted by Crippen LogP contribution is -2.43. The molecule has 1 amide bonds. The maximum absolute atomic E-state index is 13.2. The van der Waals surface area contributed by atoms with E-state index in [0.29, 0.717) is 29.9 Å². The highest BCUT2D eigenvalue weighted by molar-refractivity contribution is 5.94. The minimum atomic E-state index is -0.393. The molecule has 0 aromatic heterocycles. The first-order chi connectivity index (χ1) is 13.0. The van der Waals surface area contributed by atoms with Crippen LogP contribution in [0.1, 0.15) is 29.3 Å². The summed E-state index contributed by atoms with van der Waals surface area (Å²) >= 11 is 0. The highest BCUT2D eigenvalue weighted by Gasteiger charge is 2.29. The topological polar surface area (TPSA) is 79.5 Å². The first kappa shape index (κ1) is 19.0. The molecule has 142 valence electrons. The maximum Gasteiger partial charge on any atom is 0.238 e. The SMILES string of the molecule is CC(=O)c1cccc(OCC2CC(C(=O)NCc3cccc(F)c3)NN2)c1. The predicted octanol–water partition coefficient (Wildman–Crippen LogP) is 1.96. The summed E-state index contributed by atoms with van der Waals surface area (Å²) in [5, 5.41) is 2.80. The van der Waals surface area contributed by atoms with E-state index in [1.807, 2.05) is 0 Å². The fourth-order valence-electron chi connectivity index (χ4n) is 2.86. The van der Waals surface area contributed by atoms with Gasteiger partial charge in [-0.15, -0.1) is 0 Å². The molecule has 1 heterocycles. The van der Waals surface area contributed by atoms with Crippen LogP contribution in [0.4, 0.5) is 4.39 Å². The number of ether oxygens (including phenoxy) is 1. The molecule has 1 aliphatic rings. The third-order valence-electron chi connectivity index (χ3n) is 4.35. The van der Waals surface area contributed by atoms with Crippen molar-refractivity contribution in [2.75, 3.05) is 6.61 Å². The number of rotatable bonds is 7. The third-order valence-corrected chi connectivity index (χ3v) is 4.35. The molecule has 0 bridgehead atoms. The summed E-state index contributed by atoms with van der Waals surface area (Å²) in [6.07, 6.45) is 0.557. The Balaban J connectivity index is 1.45. The van der Waals surface area contributed by atoms with Gasteiger partial charge in [-0.05, 0) is 43.2 Å². The van der Waals surface area contributed by atoms with Crippen molar-refractivity contribution in [3.8, 4) is 5.75 Å². The highest BCUT2D eigenvalue weighted by Crippen LogP contribution is 2.15. The largest absolute Gasteiger partial charge is 0.492 e. The van der Waals surface area contributed by atoms with Crippen molar-refractivity contribution >= 4 is 11.7 Å². The van der Waals surface area contributed by atoms with Gasteiger partial charge in [0.2, 0.25) is 5.91 Å². The Morgan fingerprint density at radius 1 is 1.19 bits per heavy atom. The van der Waals surface area contributed by atoms with Crippen LogP contribution in [-0.2, 0) is 11.3 Å². The van der Waals surface area contributed by atoms with Crippen LogP contribution in [0.3, 0.4) is 0 Å². The number of hydrogen-bond donors (Lipinski definition) is 3. The van der Waals surface area contributed by atoms with Gasteiger partial charge < -0.3 is 10.1 Å². The summed E-state index contributed by atoms with van der Waals surface area (Å²) in [4.78, 5) is 23.7. The van der Waals surface area contributed by atoms with E-state index in [1.54, 1.807) is 36.4 Å². The van der Waals surface area contributed by atoms with Crippen LogP contribution in [0.25, 0.3) is 0 Å². The minimum Gasteiger partial charge on any atom is -0.492 e. The second-order valence-corrected chi connectivity index (χ2v) is 6.52. The summed E-state index contributed by atoms with van der Waals surface area (Å²) in [5.74, 6) is 0.112. The van der Waals surface area contributed by atoms with Gasteiger partial charge in [0, 0.05) is 12.1 Å². The minimum absolute atomic E-state index is 0.0175. The van der Waals surface area contributed by atoms with E-state index in [9.17, 15) is 14.0 Å². The number of nitrogens with one attached hydrogen (secondary N) is 3. The molecule has 0 radical (unpaired) electrons. The number of carbonyl (C=O) groups excluding carboxylic acids is 2. The van der Waals surface area contributed by atoms with E-state index in [1.165, 1.54) is 19.1 Å². The molecule has 7 heteroatoms. The Kier molecular flexibility index (Phi) is 6.16. The van der Waals surface area contributed by atoms with Gasteiger partial charge in [-0.1, -0.05) is 24.3 Å². The highest BCUT2D eigenvalue weighted by atomic mass is 19.1. The second-order valence-electron chi connectivity index (χ2n) is 6.52. The standard InChI is InChI=1S/C20H22FN3O3/c1-13(25)15-5-3-7-18(9-15)27-12-17-10-19(24-23-17)20(26)22-11-14-4-2-6-16(21)8-14/h2-9,17,19,23-24H,10-12H2,1H3,(H,22,26). The molecule has 0 aliphatic carbocycles. The van der Waals surface area contributed by atoms with Gasteiger partial charge in [0.1, 0.15) is 24.2 Å². The monoisotopic (exact) mass is 371 g/mol. The molecule has 1 fully saturated rings. The first-order valence-corrected chi connectivity index (χ1v) is 8.78. The summed E-state index contributed by atoms with van der Waals surface area (Å²) in [5.41, 5.74) is 7.29. The fourth-order valence-corrected chi connectivity index (χ4v) is 2.86. The van der Waals surface area contributed by atoms with Crippen molar-refractivity contribution < 1.29 is 18.7 Å². The second kappa shape index (κ2) is 8.75. The summed E-state index contributed by atoms with van der Waals surface area (Å²) in [6, 6.07) is 12.7. The summed E-state index contributed by atoms with van der Waals surface area (Å²) in [7, 11) is 0. The van der Waals surface area contributed by atoms with Crippen LogP contribution >= 0.6 is 0 Å². The lowest BCUT2D eigenvalue weighted by Gasteiger charge is -2.12. The van der Waals surface area contributed by atoms with E-state index >= 15 is 0 Å². The molecule has 6 nitrogen and oxygen atoms in total. The van der Waals surface area contributed by atoms with Gasteiger partial charge in [0.05, 0.1) is 6.04 Å². The molecule has 27 heavy (non-hydrogen) atoms. The predicted molar refractivity (Wildman–Crippen MR) is 98.7 cm³/mol. The number of ketones is 1. The van der Waals surface area contributed by atoms with Gasteiger partial charge in [-0.2, -0.15) is 0 Å².